The molecule has 1 fully saturated rings. The lowest BCUT2D eigenvalue weighted by Gasteiger charge is -2.10. The molecule has 0 aliphatic carbocycles. The minimum Gasteiger partial charge on any atom is -0.351 e. The maximum Gasteiger partial charge on any atom is 0.234 e. The summed E-state index contributed by atoms with van der Waals surface area (Å²) in [6.45, 7) is 1.93. The highest BCUT2D eigenvalue weighted by molar-refractivity contribution is 5.78. The van der Waals surface area contributed by atoms with Crippen molar-refractivity contribution in [2.24, 2.45) is 0 Å². The van der Waals surface area contributed by atoms with E-state index >= 15 is 0 Å². The lowest BCUT2D eigenvalue weighted by Crippen LogP contribution is -2.36. The first-order valence-corrected chi connectivity index (χ1v) is 4.07. The molecule has 4 nitrogen and oxygen atoms in total. The predicted molar refractivity (Wildman–Crippen MR) is 44.3 cm³/mol. The summed E-state index contributed by atoms with van der Waals surface area (Å²) >= 11 is 0. The highest BCUT2D eigenvalue weighted by atomic mass is 16.1. The van der Waals surface area contributed by atoms with Gasteiger partial charge in [-0.3, -0.25) is 4.79 Å². The van der Waals surface area contributed by atoms with E-state index in [0.29, 0.717) is 0 Å². The molecular weight excluding hydrogens is 154 g/mol. The average molecular weight is 167 g/mol. The molecule has 0 saturated carbocycles. The molecule has 4 heteroatoms. The van der Waals surface area contributed by atoms with Crippen molar-refractivity contribution in [2.75, 3.05) is 20.1 Å². The van der Waals surface area contributed by atoms with Gasteiger partial charge in [0.1, 0.15) is 6.42 Å². The third-order valence-electron chi connectivity index (χ3n) is 2.00. The fraction of sp³-hybridized carbons (Fsp3) is 0.750. The standard InChI is InChI=1S/C8H13N3O/c1-11-5-3-7(6-11)10-8(12)2-4-9/h7H,2-3,5-6H2,1H3,(H,10,12). The van der Waals surface area contributed by atoms with Crippen LogP contribution in [0.3, 0.4) is 0 Å². The van der Waals surface area contributed by atoms with Crippen LogP contribution in [0.25, 0.3) is 0 Å². The van der Waals surface area contributed by atoms with E-state index < -0.39 is 0 Å². The van der Waals surface area contributed by atoms with Crippen molar-refractivity contribution in [2.45, 2.75) is 18.9 Å². The fourth-order valence-corrected chi connectivity index (χ4v) is 1.40. The molecule has 0 aromatic carbocycles. The number of hydrogen-bond donors (Lipinski definition) is 1. The van der Waals surface area contributed by atoms with Gasteiger partial charge in [-0.25, -0.2) is 0 Å². The maximum atomic E-state index is 11.0. The first kappa shape index (κ1) is 9.01. The average Bonchev–Trinajstić information content (AvgIpc) is 2.36. The Morgan fingerprint density at radius 1 is 1.83 bits per heavy atom. The van der Waals surface area contributed by atoms with Crippen molar-refractivity contribution >= 4 is 5.91 Å². The van der Waals surface area contributed by atoms with E-state index in [1.807, 2.05) is 13.1 Å². The van der Waals surface area contributed by atoms with Crippen LogP contribution in [-0.2, 0) is 4.79 Å². The molecule has 12 heavy (non-hydrogen) atoms. The second kappa shape index (κ2) is 4.07. The number of nitrogens with one attached hydrogen (secondary N) is 1. The number of likely N-dealkylation sites (tertiary alicyclic amines) is 1. The predicted octanol–water partition coefficient (Wildman–Crippen LogP) is -0.280. The van der Waals surface area contributed by atoms with Gasteiger partial charge >= 0.3 is 0 Å². The van der Waals surface area contributed by atoms with E-state index in [0.717, 1.165) is 19.5 Å². The Hall–Kier alpha value is -1.08. The summed E-state index contributed by atoms with van der Waals surface area (Å²) in [4.78, 5) is 13.1. The van der Waals surface area contributed by atoms with Crippen molar-refractivity contribution in [3.05, 3.63) is 0 Å². The van der Waals surface area contributed by atoms with E-state index in [2.05, 4.69) is 10.2 Å². The van der Waals surface area contributed by atoms with Crippen LogP contribution in [-0.4, -0.2) is 37.0 Å². The maximum absolute atomic E-state index is 11.0. The molecule has 1 rings (SSSR count). The molecule has 1 aliphatic heterocycles. The van der Waals surface area contributed by atoms with Gasteiger partial charge in [-0.15, -0.1) is 0 Å². The third kappa shape index (κ3) is 2.51. The summed E-state index contributed by atoms with van der Waals surface area (Å²) in [6.07, 6.45) is 0.966. The number of rotatable bonds is 2. The SMILES string of the molecule is CN1CCC(NC(=O)CC#N)C1. The van der Waals surface area contributed by atoms with Crippen LogP contribution in [0.2, 0.25) is 0 Å². The van der Waals surface area contributed by atoms with E-state index in [9.17, 15) is 4.79 Å². The zero-order valence-corrected chi connectivity index (χ0v) is 7.21. The Labute approximate surface area is 72.2 Å². The molecule has 1 aliphatic rings. The van der Waals surface area contributed by atoms with Crippen molar-refractivity contribution < 1.29 is 4.79 Å². The molecule has 1 amide bonds. The molecule has 1 N–H and O–H groups in total. The second-order valence-electron chi connectivity index (χ2n) is 3.15. The smallest absolute Gasteiger partial charge is 0.234 e. The van der Waals surface area contributed by atoms with E-state index in [4.69, 9.17) is 5.26 Å². The van der Waals surface area contributed by atoms with Gasteiger partial charge in [-0.2, -0.15) is 5.26 Å². The summed E-state index contributed by atoms with van der Waals surface area (Å²) in [6, 6.07) is 2.07. The van der Waals surface area contributed by atoms with Crippen LogP contribution in [0.4, 0.5) is 0 Å². The zero-order chi connectivity index (χ0) is 8.97. The van der Waals surface area contributed by atoms with Gasteiger partial charge in [0.25, 0.3) is 0 Å². The normalized spacial score (nSPS) is 23.5. The Kier molecular flexibility index (Phi) is 3.06. The lowest BCUT2D eigenvalue weighted by atomic mass is 10.2. The van der Waals surface area contributed by atoms with E-state index in [-0.39, 0.29) is 18.4 Å². The monoisotopic (exact) mass is 167 g/mol. The van der Waals surface area contributed by atoms with Gasteiger partial charge in [0.05, 0.1) is 6.07 Å². The van der Waals surface area contributed by atoms with Crippen molar-refractivity contribution in [3.63, 3.8) is 0 Å². The number of amides is 1. The quantitative estimate of drug-likeness (QED) is 0.615. The van der Waals surface area contributed by atoms with Crippen LogP contribution in [0.1, 0.15) is 12.8 Å². The summed E-state index contributed by atoms with van der Waals surface area (Å²) < 4.78 is 0. The molecular formula is C8H13N3O. The second-order valence-corrected chi connectivity index (χ2v) is 3.15. The number of nitriles is 1. The largest absolute Gasteiger partial charge is 0.351 e. The van der Waals surface area contributed by atoms with E-state index in [1.54, 1.807) is 0 Å². The Bertz CT molecular complexity index is 209. The Morgan fingerprint density at radius 2 is 2.58 bits per heavy atom. The fourth-order valence-electron chi connectivity index (χ4n) is 1.40. The first-order valence-electron chi connectivity index (χ1n) is 4.07. The minimum atomic E-state index is -0.155. The molecule has 1 saturated heterocycles. The van der Waals surface area contributed by atoms with E-state index in [1.165, 1.54) is 0 Å². The van der Waals surface area contributed by atoms with Crippen molar-refractivity contribution in [1.82, 2.24) is 10.2 Å². The molecule has 0 radical (unpaired) electrons. The number of carbonyl (C=O) groups excluding carboxylic acids is 1. The van der Waals surface area contributed by atoms with Gasteiger partial charge in [-0.1, -0.05) is 0 Å². The van der Waals surface area contributed by atoms with Crippen LogP contribution in [0, 0.1) is 11.3 Å². The number of hydrogen-bond acceptors (Lipinski definition) is 3. The van der Waals surface area contributed by atoms with Crippen LogP contribution in [0.15, 0.2) is 0 Å². The number of carbonyl (C=O) groups is 1. The van der Waals surface area contributed by atoms with Gasteiger partial charge in [-0.05, 0) is 20.0 Å². The third-order valence-corrected chi connectivity index (χ3v) is 2.00. The molecule has 0 aromatic rings. The Morgan fingerprint density at radius 3 is 3.08 bits per heavy atom. The topological polar surface area (TPSA) is 56.1 Å². The molecule has 1 heterocycles. The van der Waals surface area contributed by atoms with Crippen LogP contribution in [0.5, 0.6) is 0 Å². The molecule has 1 unspecified atom stereocenters. The highest BCUT2D eigenvalue weighted by Gasteiger charge is 2.20. The number of likely N-dealkylation sites (N-methyl/N-ethyl adjacent to an activating group) is 1. The molecule has 1 atom stereocenters. The van der Waals surface area contributed by atoms with Gasteiger partial charge < -0.3 is 10.2 Å². The molecule has 0 aromatic heterocycles. The minimum absolute atomic E-state index is 0.0276. The summed E-state index contributed by atoms with van der Waals surface area (Å²) in [5.74, 6) is -0.155. The number of nitrogens with zero attached hydrogens (tertiary/aromatic N) is 2. The summed E-state index contributed by atoms with van der Waals surface area (Å²) in [7, 11) is 2.02. The molecule has 0 spiro atoms. The zero-order valence-electron chi connectivity index (χ0n) is 7.21. The van der Waals surface area contributed by atoms with Crippen molar-refractivity contribution in [3.8, 4) is 6.07 Å². The lowest BCUT2D eigenvalue weighted by molar-refractivity contribution is -0.120. The highest BCUT2D eigenvalue weighted by Crippen LogP contribution is 2.05. The first-order chi connectivity index (χ1) is 5.72. The molecule has 0 bridgehead atoms. The van der Waals surface area contributed by atoms with Crippen LogP contribution < -0.4 is 5.32 Å². The summed E-state index contributed by atoms with van der Waals surface area (Å²) in [5, 5.41) is 11.0. The Balaban J connectivity index is 2.24. The van der Waals surface area contributed by atoms with Gasteiger partial charge in [0, 0.05) is 12.6 Å². The molecule has 66 valence electrons. The van der Waals surface area contributed by atoms with Gasteiger partial charge in [0.15, 0.2) is 0 Å². The van der Waals surface area contributed by atoms with Crippen molar-refractivity contribution in [1.29, 1.82) is 5.26 Å². The van der Waals surface area contributed by atoms with Crippen LogP contribution >= 0.6 is 0 Å². The summed E-state index contributed by atoms with van der Waals surface area (Å²) in [5.41, 5.74) is 0. The van der Waals surface area contributed by atoms with Gasteiger partial charge in [0.2, 0.25) is 5.91 Å².